The average molecular weight is 414 g/mol. The average Bonchev–Trinajstić information content (AvgIpc) is 3.33. The monoisotopic (exact) mass is 413 g/mol. The summed E-state index contributed by atoms with van der Waals surface area (Å²) in [5, 5.41) is 0.710. The van der Waals surface area contributed by atoms with Crippen LogP contribution < -0.4 is 4.74 Å². The van der Waals surface area contributed by atoms with E-state index >= 15 is 0 Å². The fourth-order valence-corrected chi connectivity index (χ4v) is 3.12. The van der Waals surface area contributed by atoms with E-state index in [4.69, 9.17) is 16.3 Å². The van der Waals surface area contributed by atoms with E-state index in [1.165, 1.54) is 0 Å². The zero-order chi connectivity index (χ0) is 20.8. The number of benzene rings is 3. The van der Waals surface area contributed by atoms with Crippen LogP contribution in [-0.4, -0.2) is 10.4 Å². The lowest BCUT2D eigenvalue weighted by molar-refractivity contribution is 0.104. The number of nitrogens with zero attached hydrogens (tertiary/aromatic N) is 1. The molecule has 0 aliphatic rings. The molecule has 0 radical (unpaired) electrons. The third-order valence-corrected chi connectivity index (χ3v) is 4.93. The molecule has 1 heterocycles. The van der Waals surface area contributed by atoms with Crippen LogP contribution in [0.4, 0.5) is 0 Å². The van der Waals surface area contributed by atoms with Gasteiger partial charge in [0.15, 0.2) is 5.78 Å². The van der Waals surface area contributed by atoms with Gasteiger partial charge in [-0.3, -0.25) is 4.79 Å². The Morgan fingerprint density at radius 3 is 2.20 bits per heavy atom. The van der Waals surface area contributed by atoms with Crippen molar-refractivity contribution >= 4 is 23.5 Å². The van der Waals surface area contributed by atoms with Crippen molar-refractivity contribution in [2.45, 2.75) is 6.61 Å². The zero-order valence-electron chi connectivity index (χ0n) is 16.2. The molecule has 0 bridgehead atoms. The molecule has 3 aromatic carbocycles. The first-order chi connectivity index (χ1) is 14.7. The number of halogens is 1. The van der Waals surface area contributed by atoms with Crippen molar-refractivity contribution in [3.63, 3.8) is 0 Å². The molecule has 4 aromatic rings. The summed E-state index contributed by atoms with van der Waals surface area (Å²) in [6.45, 7) is 0.476. The summed E-state index contributed by atoms with van der Waals surface area (Å²) in [4.78, 5) is 12.4. The highest BCUT2D eigenvalue weighted by molar-refractivity contribution is 6.30. The maximum atomic E-state index is 12.4. The number of ketones is 1. The summed E-state index contributed by atoms with van der Waals surface area (Å²) in [5.41, 5.74) is 3.67. The van der Waals surface area contributed by atoms with Gasteiger partial charge in [-0.1, -0.05) is 41.9 Å². The minimum atomic E-state index is -0.0304. The van der Waals surface area contributed by atoms with Crippen molar-refractivity contribution in [3.05, 3.63) is 125 Å². The lowest BCUT2D eigenvalue weighted by Gasteiger charge is -2.06. The maximum Gasteiger partial charge on any atom is 0.185 e. The Morgan fingerprint density at radius 1 is 0.867 bits per heavy atom. The van der Waals surface area contributed by atoms with Gasteiger partial charge in [-0.2, -0.15) is 0 Å². The number of ether oxygens (including phenoxy) is 1. The lowest BCUT2D eigenvalue weighted by atomic mass is 10.1. The van der Waals surface area contributed by atoms with E-state index in [0.29, 0.717) is 17.2 Å². The predicted molar refractivity (Wildman–Crippen MR) is 121 cm³/mol. The van der Waals surface area contributed by atoms with E-state index in [1.807, 2.05) is 108 Å². The number of carbonyl (C=O) groups is 1. The van der Waals surface area contributed by atoms with E-state index in [2.05, 4.69) is 0 Å². The van der Waals surface area contributed by atoms with Gasteiger partial charge in [0, 0.05) is 28.7 Å². The van der Waals surface area contributed by atoms with Crippen molar-refractivity contribution in [2.24, 2.45) is 0 Å². The van der Waals surface area contributed by atoms with Gasteiger partial charge in [-0.25, -0.2) is 0 Å². The molecule has 0 aliphatic carbocycles. The molecule has 0 saturated carbocycles. The van der Waals surface area contributed by atoms with Gasteiger partial charge < -0.3 is 9.30 Å². The van der Waals surface area contributed by atoms with E-state index in [-0.39, 0.29) is 5.78 Å². The van der Waals surface area contributed by atoms with Crippen LogP contribution in [0.2, 0.25) is 5.02 Å². The Hall–Kier alpha value is -3.56. The van der Waals surface area contributed by atoms with Crippen LogP contribution in [0, 0.1) is 0 Å². The van der Waals surface area contributed by atoms with E-state index in [1.54, 1.807) is 6.08 Å². The molecular formula is C26H20ClNO2. The molecular weight excluding hydrogens is 394 g/mol. The molecule has 1 aromatic heterocycles. The molecule has 0 amide bonds. The number of carbonyl (C=O) groups excluding carboxylic acids is 1. The number of allylic oxidation sites excluding steroid dienone is 1. The third kappa shape index (κ3) is 5.07. The fraction of sp³-hybridized carbons (Fsp3) is 0.0385. The van der Waals surface area contributed by atoms with Gasteiger partial charge in [0.2, 0.25) is 0 Å². The normalized spacial score (nSPS) is 11.0. The highest BCUT2D eigenvalue weighted by Gasteiger charge is 2.03. The quantitative estimate of drug-likeness (QED) is 0.252. The largest absolute Gasteiger partial charge is 0.489 e. The number of hydrogen-bond acceptors (Lipinski definition) is 2. The van der Waals surface area contributed by atoms with Gasteiger partial charge in [0.05, 0.1) is 0 Å². The first-order valence-corrected chi connectivity index (χ1v) is 9.98. The van der Waals surface area contributed by atoms with Gasteiger partial charge in [0.25, 0.3) is 0 Å². The number of hydrogen-bond donors (Lipinski definition) is 0. The van der Waals surface area contributed by atoms with E-state index in [0.717, 1.165) is 22.6 Å². The molecule has 148 valence electrons. The Labute approximate surface area is 180 Å². The topological polar surface area (TPSA) is 31.2 Å². The fourth-order valence-electron chi connectivity index (χ4n) is 3.00. The van der Waals surface area contributed by atoms with Crippen LogP contribution in [0.1, 0.15) is 21.5 Å². The molecule has 4 heteroatoms. The molecule has 0 aliphatic heterocycles. The smallest absolute Gasteiger partial charge is 0.185 e. The summed E-state index contributed by atoms with van der Waals surface area (Å²) in [6, 6.07) is 26.7. The van der Waals surface area contributed by atoms with Crippen molar-refractivity contribution < 1.29 is 9.53 Å². The second kappa shape index (κ2) is 9.29. The predicted octanol–water partition coefficient (Wildman–Crippen LogP) is 6.61. The second-order valence-electron chi connectivity index (χ2n) is 6.82. The second-order valence-corrected chi connectivity index (χ2v) is 7.26. The first-order valence-electron chi connectivity index (χ1n) is 9.60. The molecule has 0 unspecified atom stereocenters. The minimum Gasteiger partial charge on any atom is -0.489 e. The van der Waals surface area contributed by atoms with E-state index < -0.39 is 0 Å². The van der Waals surface area contributed by atoms with Gasteiger partial charge in [-0.15, -0.1) is 0 Å². The summed E-state index contributed by atoms with van der Waals surface area (Å²) in [6.07, 6.45) is 7.35. The van der Waals surface area contributed by atoms with Crippen molar-refractivity contribution in [2.75, 3.05) is 0 Å². The van der Waals surface area contributed by atoms with Crippen molar-refractivity contribution in [3.8, 4) is 11.4 Å². The van der Waals surface area contributed by atoms with Crippen LogP contribution in [-0.2, 0) is 6.61 Å². The summed E-state index contributed by atoms with van der Waals surface area (Å²) < 4.78 is 7.79. The van der Waals surface area contributed by atoms with Crippen LogP contribution in [0.25, 0.3) is 11.8 Å². The van der Waals surface area contributed by atoms with Crippen molar-refractivity contribution in [1.29, 1.82) is 0 Å². The minimum absolute atomic E-state index is 0.0304. The molecule has 0 spiro atoms. The Bertz CT molecular complexity index is 1130. The van der Waals surface area contributed by atoms with Gasteiger partial charge in [-0.05, 0) is 77.9 Å². The van der Waals surface area contributed by atoms with Crippen LogP contribution in [0.15, 0.2) is 103 Å². The molecule has 0 saturated heterocycles. The summed E-state index contributed by atoms with van der Waals surface area (Å²) in [5.74, 6) is 0.742. The van der Waals surface area contributed by atoms with Crippen molar-refractivity contribution in [1.82, 2.24) is 4.57 Å². The standard InChI is InChI=1S/C26H20ClNO2/c27-23-10-3-21(4-11-23)19-30-25-14-5-20(6-15-25)7-16-26(29)22-8-12-24(13-9-22)28-17-1-2-18-28/h1-18H,19H2. The zero-order valence-corrected chi connectivity index (χ0v) is 17.0. The summed E-state index contributed by atoms with van der Waals surface area (Å²) in [7, 11) is 0. The maximum absolute atomic E-state index is 12.4. The molecule has 30 heavy (non-hydrogen) atoms. The molecule has 0 fully saturated rings. The first kappa shape index (κ1) is 19.7. The van der Waals surface area contributed by atoms with Crippen LogP contribution in [0.5, 0.6) is 5.75 Å². The molecule has 4 rings (SSSR count). The molecule has 0 N–H and O–H groups in total. The third-order valence-electron chi connectivity index (χ3n) is 4.68. The molecule has 0 atom stereocenters. The Balaban J connectivity index is 1.34. The van der Waals surface area contributed by atoms with E-state index in [9.17, 15) is 4.79 Å². The van der Waals surface area contributed by atoms with Crippen LogP contribution >= 0.6 is 11.6 Å². The lowest BCUT2D eigenvalue weighted by Crippen LogP contribution is -1.96. The van der Waals surface area contributed by atoms with Gasteiger partial charge in [0.1, 0.15) is 12.4 Å². The Kier molecular flexibility index (Phi) is 6.11. The summed E-state index contributed by atoms with van der Waals surface area (Å²) >= 11 is 5.89. The number of rotatable bonds is 7. The Morgan fingerprint density at radius 2 is 1.53 bits per heavy atom. The highest BCUT2D eigenvalue weighted by atomic mass is 35.5. The number of aromatic nitrogens is 1. The SMILES string of the molecule is O=C(C=Cc1ccc(OCc2ccc(Cl)cc2)cc1)c1ccc(-n2cccc2)cc1. The molecule has 3 nitrogen and oxygen atoms in total. The highest BCUT2D eigenvalue weighted by Crippen LogP contribution is 2.17. The van der Waals surface area contributed by atoms with Gasteiger partial charge >= 0.3 is 0 Å². The van der Waals surface area contributed by atoms with Crippen LogP contribution in [0.3, 0.4) is 0 Å².